The lowest BCUT2D eigenvalue weighted by molar-refractivity contribution is -0.394. The van der Waals surface area contributed by atoms with Crippen molar-refractivity contribution in [2.75, 3.05) is 13.7 Å². The minimum atomic E-state index is -0.781. The van der Waals surface area contributed by atoms with Crippen molar-refractivity contribution in [1.29, 1.82) is 0 Å². The molecule has 3 aromatic carbocycles. The van der Waals surface area contributed by atoms with Crippen molar-refractivity contribution in [3.63, 3.8) is 0 Å². The zero-order chi connectivity index (χ0) is 26.9. The first-order chi connectivity index (χ1) is 17.7. The smallest absolute Gasteiger partial charge is 0.318 e. The summed E-state index contributed by atoms with van der Waals surface area (Å²) in [5, 5.41) is 26.4. The summed E-state index contributed by atoms with van der Waals surface area (Å²) < 4.78 is 17.0. The molecular formula is C24H19BrN4O8. The van der Waals surface area contributed by atoms with Gasteiger partial charge in [0.2, 0.25) is 5.75 Å². The molecule has 0 saturated heterocycles. The SMILES string of the molecule is C=CCOc1ccc(C(=O)N/N=C/c2cc(Br)ccc2Oc2ccc([N+](=O)[O-])cc2[N+](=O)[O-])cc1OC. The number of carbonyl (C=O) groups excluding carboxylic acids is 1. The third-order valence-corrected chi connectivity index (χ3v) is 5.19. The first kappa shape index (κ1) is 26.8. The minimum absolute atomic E-state index is 0.156. The molecule has 3 aromatic rings. The molecule has 0 spiro atoms. The molecule has 13 heteroatoms. The highest BCUT2D eigenvalue weighted by Gasteiger charge is 2.22. The summed E-state index contributed by atoms with van der Waals surface area (Å²) in [6, 6.07) is 12.4. The summed E-state index contributed by atoms with van der Waals surface area (Å²) in [5.74, 6) is 0.212. The molecule has 0 fully saturated rings. The van der Waals surface area contributed by atoms with Crippen LogP contribution in [-0.2, 0) is 0 Å². The number of nitrogens with one attached hydrogen (secondary N) is 1. The maximum Gasteiger partial charge on any atom is 0.318 e. The van der Waals surface area contributed by atoms with Gasteiger partial charge in [0.05, 0.1) is 29.2 Å². The molecule has 1 N–H and O–H groups in total. The van der Waals surface area contributed by atoms with Crippen LogP contribution >= 0.6 is 15.9 Å². The second-order valence-corrected chi connectivity index (χ2v) is 8.03. The molecule has 0 radical (unpaired) electrons. The van der Waals surface area contributed by atoms with Crippen molar-refractivity contribution in [3.05, 3.63) is 103 Å². The number of amides is 1. The number of ether oxygens (including phenoxy) is 3. The van der Waals surface area contributed by atoms with Gasteiger partial charge in [0.1, 0.15) is 12.4 Å². The van der Waals surface area contributed by atoms with Gasteiger partial charge in [-0.1, -0.05) is 28.6 Å². The molecule has 0 aliphatic carbocycles. The zero-order valence-electron chi connectivity index (χ0n) is 19.3. The predicted octanol–water partition coefficient (Wildman–Crippen LogP) is 5.40. The van der Waals surface area contributed by atoms with Crippen molar-refractivity contribution in [1.82, 2.24) is 5.43 Å². The Morgan fingerprint density at radius 1 is 1.03 bits per heavy atom. The van der Waals surface area contributed by atoms with Crippen LogP contribution in [0.2, 0.25) is 0 Å². The Kier molecular flexibility index (Phi) is 8.89. The fourth-order valence-electron chi connectivity index (χ4n) is 2.98. The Morgan fingerprint density at radius 2 is 1.76 bits per heavy atom. The molecule has 0 saturated carbocycles. The number of nitrogens with zero attached hydrogens (tertiary/aromatic N) is 3. The van der Waals surface area contributed by atoms with E-state index in [1.54, 1.807) is 24.3 Å². The third-order valence-electron chi connectivity index (χ3n) is 4.69. The molecule has 1 amide bonds. The second kappa shape index (κ2) is 12.3. The summed E-state index contributed by atoms with van der Waals surface area (Å²) in [6.45, 7) is 3.85. The highest BCUT2D eigenvalue weighted by atomic mass is 79.9. The van der Waals surface area contributed by atoms with Crippen LogP contribution in [-0.4, -0.2) is 35.7 Å². The number of nitro groups is 2. The van der Waals surface area contributed by atoms with E-state index in [0.717, 1.165) is 18.2 Å². The van der Waals surface area contributed by atoms with E-state index < -0.39 is 27.1 Å². The number of halogens is 1. The number of rotatable bonds is 11. The van der Waals surface area contributed by atoms with E-state index in [2.05, 4.69) is 33.0 Å². The summed E-state index contributed by atoms with van der Waals surface area (Å²) in [4.78, 5) is 33.4. The Balaban J connectivity index is 1.81. The fourth-order valence-corrected chi connectivity index (χ4v) is 3.36. The first-order valence-corrected chi connectivity index (χ1v) is 11.2. The van der Waals surface area contributed by atoms with Crippen LogP contribution in [0.15, 0.2) is 76.8 Å². The standard InChI is InChI=1S/C24H19BrN4O8/c1-3-10-36-22-7-4-15(12-23(22)35-2)24(30)27-26-14-16-11-17(25)5-8-20(16)37-21-9-6-18(28(31)32)13-19(21)29(33)34/h3-9,11-14H,1,10H2,2H3,(H,27,30)/b26-14+. The van der Waals surface area contributed by atoms with Crippen LogP contribution < -0.4 is 19.6 Å². The van der Waals surface area contributed by atoms with Gasteiger partial charge in [-0.05, 0) is 42.5 Å². The molecule has 3 rings (SSSR count). The van der Waals surface area contributed by atoms with Crippen LogP contribution in [0.4, 0.5) is 11.4 Å². The molecule has 0 aromatic heterocycles. The molecule has 190 valence electrons. The zero-order valence-corrected chi connectivity index (χ0v) is 20.8. The van der Waals surface area contributed by atoms with Gasteiger partial charge in [0, 0.05) is 21.7 Å². The fraction of sp³-hybridized carbons (Fsp3) is 0.0833. The molecule has 37 heavy (non-hydrogen) atoms. The summed E-state index contributed by atoms with van der Waals surface area (Å²) in [6.07, 6.45) is 2.86. The van der Waals surface area contributed by atoms with Gasteiger partial charge in [-0.15, -0.1) is 0 Å². The van der Waals surface area contributed by atoms with Gasteiger partial charge in [0.15, 0.2) is 11.5 Å². The van der Waals surface area contributed by atoms with Crippen molar-refractivity contribution in [2.24, 2.45) is 5.10 Å². The van der Waals surface area contributed by atoms with Crippen LogP contribution in [0.25, 0.3) is 0 Å². The Labute approximate surface area is 218 Å². The summed E-state index contributed by atoms with van der Waals surface area (Å²) in [5.41, 5.74) is 1.97. The number of benzene rings is 3. The maximum atomic E-state index is 12.6. The number of hydrogen-bond donors (Lipinski definition) is 1. The van der Waals surface area contributed by atoms with Crippen LogP contribution in [0, 0.1) is 20.2 Å². The van der Waals surface area contributed by atoms with Gasteiger partial charge in [0.25, 0.3) is 11.6 Å². The average molecular weight is 571 g/mol. The maximum absolute atomic E-state index is 12.6. The number of nitro benzene ring substituents is 2. The van der Waals surface area contributed by atoms with Gasteiger partial charge in [-0.2, -0.15) is 5.10 Å². The number of non-ortho nitro benzene ring substituents is 1. The van der Waals surface area contributed by atoms with Gasteiger partial charge in [-0.25, -0.2) is 5.43 Å². The molecule has 0 aliphatic rings. The molecular weight excluding hydrogens is 552 g/mol. The predicted molar refractivity (Wildman–Crippen MR) is 138 cm³/mol. The number of methoxy groups -OCH3 is 1. The van der Waals surface area contributed by atoms with Crippen molar-refractivity contribution >= 4 is 39.4 Å². The summed E-state index contributed by atoms with van der Waals surface area (Å²) in [7, 11) is 1.44. The van der Waals surface area contributed by atoms with E-state index in [1.165, 1.54) is 31.5 Å². The van der Waals surface area contributed by atoms with Crippen LogP contribution in [0.1, 0.15) is 15.9 Å². The molecule has 0 bridgehead atoms. The quantitative estimate of drug-likeness (QED) is 0.139. The number of carbonyl (C=O) groups is 1. The molecule has 0 unspecified atom stereocenters. The lowest BCUT2D eigenvalue weighted by atomic mass is 10.2. The number of hydrazone groups is 1. The van der Waals surface area contributed by atoms with Crippen LogP contribution in [0.5, 0.6) is 23.0 Å². The second-order valence-electron chi connectivity index (χ2n) is 7.11. The van der Waals surface area contributed by atoms with E-state index in [-0.39, 0.29) is 23.7 Å². The lowest BCUT2D eigenvalue weighted by Gasteiger charge is -2.11. The molecule has 12 nitrogen and oxygen atoms in total. The minimum Gasteiger partial charge on any atom is -0.493 e. The largest absolute Gasteiger partial charge is 0.493 e. The molecule has 0 atom stereocenters. The Morgan fingerprint density at radius 3 is 2.43 bits per heavy atom. The normalized spacial score (nSPS) is 10.5. The Bertz CT molecular complexity index is 1390. The summed E-state index contributed by atoms with van der Waals surface area (Å²) >= 11 is 3.32. The highest BCUT2D eigenvalue weighted by Crippen LogP contribution is 2.36. The highest BCUT2D eigenvalue weighted by molar-refractivity contribution is 9.10. The third kappa shape index (κ3) is 6.89. The molecule has 0 aliphatic heterocycles. The van der Waals surface area contributed by atoms with Gasteiger partial charge >= 0.3 is 5.69 Å². The van der Waals surface area contributed by atoms with E-state index in [9.17, 15) is 25.0 Å². The van der Waals surface area contributed by atoms with E-state index >= 15 is 0 Å². The van der Waals surface area contributed by atoms with E-state index in [1.807, 2.05) is 0 Å². The molecule has 0 heterocycles. The number of hydrogen-bond acceptors (Lipinski definition) is 9. The lowest BCUT2D eigenvalue weighted by Crippen LogP contribution is -2.17. The topological polar surface area (TPSA) is 155 Å². The van der Waals surface area contributed by atoms with Gasteiger partial charge < -0.3 is 14.2 Å². The van der Waals surface area contributed by atoms with E-state index in [4.69, 9.17) is 14.2 Å². The average Bonchev–Trinajstić information content (AvgIpc) is 2.88. The first-order valence-electron chi connectivity index (χ1n) is 10.4. The van der Waals surface area contributed by atoms with E-state index in [0.29, 0.717) is 21.5 Å². The van der Waals surface area contributed by atoms with Crippen molar-refractivity contribution in [3.8, 4) is 23.0 Å². The monoisotopic (exact) mass is 570 g/mol. The van der Waals surface area contributed by atoms with Crippen molar-refractivity contribution < 1.29 is 28.9 Å². The Hall–Kier alpha value is -4.78. The van der Waals surface area contributed by atoms with Crippen LogP contribution in [0.3, 0.4) is 0 Å². The van der Waals surface area contributed by atoms with Gasteiger partial charge in [-0.3, -0.25) is 25.0 Å². The van der Waals surface area contributed by atoms with Crippen molar-refractivity contribution in [2.45, 2.75) is 0 Å².